The summed E-state index contributed by atoms with van der Waals surface area (Å²) in [6.07, 6.45) is 0.658. The van der Waals surface area contributed by atoms with E-state index in [1.807, 2.05) is 25.1 Å². The van der Waals surface area contributed by atoms with Gasteiger partial charge in [0.1, 0.15) is 6.04 Å². The Bertz CT molecular complexity index is 336. The van der Waals surface area contributed by atoms with Gasteiger partial charge in [0.05, 0.1) is 7.11 Å². The van der Waals surface area contributed by atoms with E-state index in [1.165, 1.54) is 12.7 Å². The van der Waals surface area contributed by atoms with Crippen LogP contribution in [0.2, 0.25) is 0 Å². The summed E-state index contributed by atoms with van der Waals surface area (Å²) in [6.45, 7) is 2.04. The Balaban J connectivity index is 2.70. The van der Waals surface area contributed by atoms with E-state index in [0.29, 0.717) is 6.42 Å². The lowest BCUT2D eigenvalue weighted by Crippen LogP contribution is -2.36. The fraction of sp³-hybridized carbons (Fsp3) is 0.417. The lowest BCUT2D eigenvalue weighted by atomic mass is 10.0. The molecule has 0 fully saturated rings. The first kappa shape index (κ1) is 11.7. The number of esters is 1. The van der Waals surface area contributed by atoms with Crippen molar-refractivity contribution in [1.29, 1.82) is 0 Å². The van der Waals surface area contributed by atoms with Crippen molar-refractivity contribution in [1.82, 2.24) is 5.32 Å². The summed E-state index contributed by atoms with van der Waals surface area (Å²) in [5.74, 6) is -0.223. The molecule has 1 unspecified atom stereocenters. The number of hydrogen-bond donors (Lipinski definition) is 1. The molecule has 1 atom stereocenters. The third kappa shape index (κ3) is 3.36. The first-order valence-corrected chi connectivity index (χ1v) is 4.98. The van der Waals surface area contributed by atoms with Crippen molar-refractivity contribution in [3.05, 3.63) is 35.4 Å². The molecule has 1 aromatic carbocycles. The number of ether oxygens (including phenoxy) is 1. The van der Waals surface area contributed by atoms with Crippen LogP contribution in [0.5, 0.6) is 0 Å². The molecule has 0 aliphatic rings. The normalized spacial score (nSPS) is 12.2. The molecule has 0 bridgehead atoms. The highest BCUT2D eigenvalue weighted by Crippen LogP contribution is 2.07. The zero-order valence-corrected chi connectivity index (χ0v) is 9.41. The van der Waals surface area contributed by atoms with Crippen LogP contribution in [0.4, 0.5) is 0 Å². The standard InChI is InChI=1S/C12H17NO2/c1-9-5-4-6-10(7-9)8-11(13-2)12(14)15-3/h4-7,11,13H,8H2,1-3H3. The zero-order chi connectivity index (χ0) is 11.3. The molecule has 0 amide bonds. The second kappa shape index (κ2) is 5.51. The predicted molar refractivity (Wildman–Crippen MR) is 59.7 cm³/mol. The van der Waals surface area contributed by atoms with Gasteiger partial charge in [-0.25, -0.2) is 0 Å². The Morgan fingerprint density at radius 2 is 2.27 bits per heavy atom. The van der Waals surface area contributed by atoms with Crippen LogP contribution in [0, 0.1) is 6.92 Å². The summed E-state index contributed by atoms with van der Waals surface area (Å²) in [4.78, 5) is 11.3. The van der Waals surface area contributed by atoms with Gasteiger partial charge in [0.15, 0.2) is 0 Å². The number of carbonyl (C=O) groups excluding carboxylic acids is 1. The Kier molecular flexibility index (Phi) is 4.31. The number of rotatable bonds is 4. The predicted octanol–water partition coefficient (Wildman–Crippen LogP) is 1.30. The van der Waals surface area contributed by atoms with Crippen molar-refractivity contribution in [2.45, 2.75) is 19.4 Å². The summed E-state index contributed by atoms with van der Waals surface area (Å²) < 4.78 is 4.70. The number of methoxy groups -OCH3 is 1. The molecule has 0 heterocycles. The minimum atomic E-state index is -0.267. The maximum Gasteiger partial charge on any atom is 0.323 e. The Hall–Kier alpha value is -1.35. The van der Waals surface area contributed by atoms with Gasteiger partial charge >= 0.3 is 5.97 Å². The van der Waals surface area contributed by atoms with Crippen LogP contribution in [0.3, 0.4) is 0 Å². The van der Waals surface area contributed by atoms with Gasteiger partial charge in [-0.3, -0.25) is 4.79 Å². The van der Waals surface area contributed by atoms with Gasteiger partial charge in [0.2, 0.25) is 0 Å². The molecule has 0 radical (unpaired) electrons. The van der Waals surface area contributed by atoms with Gasteiger partial charge < -0.3 is 10.1 Å². The minimum Gasteiger partial charge on any atom is -0.468 e. The molecular formula is C12H17NO2. The third-order valence-corrected chi connectivity index (χ3v) is 2.36. The van der Waals surface area contributed by atoms with Crippen molar-refractivity contribution in [2.75, 3.05) is 14.2 Å². The number of nitrogens with one attached hydrogen (secondary N) is 1. The molecule has 0 saturated heterocycles. The molecule has 0 aromatic heterocycles. The average molecular weight is 207 g/mol. The number of hydrogen-bond acceptors (Lipinski definition) is 3. The third-order valence-electron chi connectivity index (χ3n) is 2.36. The lowest BCUT2D eigenvalue weighted by Gasteiger charge is -2.13. The molecule has 0 spiro atoms. The van der Waals surface area contributed by atoms with Gasteiger partial charge in [0.25, 0.3) is 0 Å². The van der Waals surface area contributed by atoms with Crippen molar-refractivity contribution in [3.8, 4) is 0 Å². The molecule has 15 heavy (non-hydrogen) atoms. The van der Waals surface area contributed by atoms with E-state index in [1.54, 1.807) is 7.05 Å². The number of aryl methyl sites for hydroxylation is 1. The minimum absolute atomic E-state index is 0.223. The number of carbonyl (C=O) groups is 1. The van der Waals surface area contributed by atoms with Crippen molar-refractivity contribution in [3.63, 3.8) is 0 Å². The van der Waals surface area contributed by atoms with Gasteiger partial charge in [-0.1, -0.05) is 29.8 Å². The largest absolute Gasteiger partial charge is 0.468 e. The molecule has 0 aliphatic heterocycles. The molecule has 82 valence electrons. The summed E-state index contributed by atoms with van der Waals surface area (Å²) in [7, 11) is 3.17. The quantitative estimate of drug-likeness (QED) is 0.756. The summed E-state index contributed by atoms with van der Waals surface area (Å²) in [5, 5.41) is 2.95. The van der Waals surface area contributed by atoms with E-state index in [9.17, 15) is 4.79 Å². The average Bonchev–Trinajstić information content (AvgIpc) is 2.25. The topological polar surface area (TPSA) is 38.3 Å². The van der Waals surface area contributed by atoms with Crippen LogP contribution in [0.15, 0.2) is 24.3 Å². The van der Waals surface area contributed by atoms with Crippen LogP contribution in [-0.4, -0.2) is 26.2 Å². The fourth-order valence-corrected chi connectivity index (χ4v) is 1.52. The summed E-state index contributed by atoms with van der Waals surface area (Å²) in [6, 6.07) is 7.86. The van der Waals surface area contributed by atoms with E-state index >= 15 is 0 Å². The van der Waals surface area contributed by atoms with E-state index < -0.39 is 0 Å². The number of benzene rings is 1. The monoisotopic (exact) mass is 207 g/mol. The molecule has 1 rings (SSSR count). The van der Waals surface area contributed by atoms with Crippen LogP contribution >= 0.6 is 0 Å². The number of likely N-dealkylation sites (N-methyl/N-ethyl adjacent to an activating group) is 1. The van der Waals surface area contributed by atoms with Crippen molar-refractivity contribution >= 4 is 5.97 Å². The Morgan fingerprint density at radius 3 is 2.80 bits per heavy atom. The molecule has 1 N–H and O–H groups in total. The first-order valence-electron chi connectivity index (χ1n) is 4.98. The van der Waals surface area contributed by atoms with Crippen LogP contribution < -0.4 is 5.32 Å². The Labute approximate surface area is 90.4 Å². The molecule has 0 saturated carbocycles. The lowest BCUT2D eigenvalue weighted by molar-refractivity contribution is -0.142. The zero-order valence-electron chi connectivity index (χ0n) is 9.41. The van der Waals surface area contributed by atoms with Gasteiger partial charge in [-0.2, -0.15) is 0 Å². The highest BCUT2D eigenvalue weighted by atomic mass is 16.5. The maximum atomic E-state index is 11.3. The molecule has 0 aliphatic carbocycles. The van der Waals surface area contributed by atoms with Crippen LogP contribution in [-0.2, 0) is 16.0 Å². The summed E-state index contributed by atoms with van der Waals surface area (Å²) >= 11 is 0. The van der Waals surface area contributed by atoms with Crippen LogP contribution in [0.25, 0.3) is 0 Å². The smallest absolute Gasteiger partial charge is 0.323 e. The summed E-state index contributed by atoms with van der Waals surface area (Å²) in [5.41, 5.74) is 2.34. The van der Waals surface area contributed by atoms with E-state index in [0.717, 1.165) is 5.56 Å². The van der Waals surface area contributed by atoms with Gasteiger partial charge in [-0.05, 0) is 26.0 Å². The van der Waals surface area contributed by atoms with E-state index in [2.05, 4.69) is 11.4 Å². The van der Waals surface area contributed by atoms with Crippen LogP contribution in [0.1, 0.15) is 11.1 Å². The SMILES string of the molecule is CNC(Cc1cccc(C)c1)C(=O)OC. The maximum absolute atomic E-state index is 11.3. The van der Waals surface area contributed by atoms with E-state index in [-0.39, 0.29) is 12.0 Å². The highest BCUT2D eigenvalue weighted by molar-refractivity contribution is 5.76. The first-order chi connectivity index (χ1) is 7.17. The van der Waals surface area contributed by atoms with Gasteiger partial charge in [-0.15, -0.1) is 0 Å². The van der Waals surface area contributed by atoms with Gasteiger partial charge in [0, 0.05) is 0 Å². The molecular weight excluding hydrogens is 190 g/mol. The molecule has 3 nitrogen and oxygen atoms in total. The fourth-order valence-electron chi connectivity index (χ4n) is 1.52. The highest BCUT2D eigenvalue weighted by Gasteiger charge is 2.16. The van der Waals surface area contributed by atoms with E-state index in [4.69, 9.17) is 4.74 Å². The second-order valence-electron chi connectivity index (χ2n) is 3.56. The van der Waals surface area contributed by atoms with Crippen molar-refractivity contribution in [2.24, 2.45) is 0 Å². The Morgan fingerprint density at radius 1 is 1.53 bits per heavy atom. The molecule has 1 aromatic rings. The van der Waals surface area contributed by atoms with Crippen molar-refractivity contribution < 1.29 is 9.53 Å². The molecule has 3 heteroatoms. The second-order valence-corrected chi connectivity index (χ2v) is 3.56.